The van der Waals surface area contributed by atoms with Crippen molar-refractivity contribution in [1.29, 1.82) is 0 Å². The second-order valence-electron chi connectivity index (χ2n) is 8.49. The number of halogens is 4. The Morgan fingerprint density at radius 1 is 0.889 bits per heavy atom. The highest BCUT2D eigenvalue weighted by molar-refractivity contribution is 6.35. The largest absolute Gasteiger partial charge is 0.482 e. The Hall–Kier alpha value is -2.44. The van der Waals surface area contributed by atoms with Crippen molar-refractivity contribution in [3.8, 4) is 5.75 Å². The topological polar surface area (TPSA) is 58.6 Å². The fourth-order valence-corrected chi connectivity index (χ4v) is 4.51. The van der Waals surface area contributed by atoms with E-state index in [-0.39, 0.29) is 30.1 Å². The van der Waals surface area contributed by atoms with E-state index in [0.29, 0.717) is 32.8 Å². The molecule has 0 unspecified atom stereocenters. The molecular weight excluding hydrogens is 542 g/mol. The Balaban J connectivity index is 1.95. The molecule has 0 saturated heterocycles. The Labute approximate surface area is 231 Å². The monoisotopic (exact) mass is 566 g/mol. The second-order valence-corrected chi connectivity index (χ2v) is 10.2. The van der Waals surface area contributed by atoms with Crippen LogP contribution >= 0.6 is 46.4 Å². The first-order chi connectivity index (χ1) is 17.1. The number of rotatable bonds is 10. The minimum Gasteiger partial charge on any atom is -0.482 e. The smallest absolute Gasteiger partial charge is 0.261 e. The minimum absolute atomic E-state index is 0.0789. The van der Waals surface area contributed by atoms with E-state index in [1.807, 2.05) is 44.2 Å². The van der Waals surface area contributed by atoms with Crippen LogP contribution in [-0.2, 0) is 22.6 Å². The van der Waals surface area contributed by atoms with Crippen molar-refractivity contribution in [1.82, 2.24) is 10.2 Å². The van der Waals surface area contributed by atoms with E-state index in [4.69, 9.17) is 51.1 Å². The van der Waals surface area contributed by atoms with Gasteiger partial charge in [-0.1, -0.05) is 82.8 Å². The van der Waals surface area contributed by atoms with Gasteiger partial charge in [0.05, 0.1) is 5.02 Å². The summed E-state index contributed by atoms with van der Waals surface area (Å²) in [6.45, 7) is 3.47. The first-order valence-corrected chi connectivity index (χ1v) is 12.8. The fourth-order valence-electron chi connectivity index (χ4n) is 3.58. The van der Waals surface area contributed by atoms with E-state index in [1.165, 1.54) is 11.0 Å². The lowest BCUT2D eigenvalue weighted by molar-refractivity contribution is -0.143. The Morgan fingerprint density at radius 2 is 1.53 bits per heavy atom. The molecule has 0 radical (unpaired) electrons. The van der Waals surface area contributed by atoms with Crippen LogP contribution in [0.1, 0.15) is 25.0 Å². The lowest BCUT2D eigenvalue weighted by Gasteiger charge is -2.32. The van der Waals surface area contributed by atoms with Gasteiger partial charge in [0.25, 0.3) is 5.91 Å². The Morgan fingerprint density at radius 3 is 2.14 bits per heavy atom. The number of nitrogens with one attached hydrogen (secondary N) is 1. The van der Waals surface area contributed by atoms with E-state index in [2.05, 4.69) is 5.32 Å². The number of ether oxygens (including phenoxy) is 1. The molecule has 0 fully saturated rings. The van der Waals surface area contributed by atoms with E-state index in [9.17, 15) is 9.59 Å². The molecule has 0 aliphatic heterocycles. The van der Waals surface area contributed by atoms with E-state index >= 15 is 0 Å². The Bertz CT molecular complexity index is 1200. The zero-order valence-electron chi connectivity index (χ0n) is 19.8. The maximum absolute atomic E-state index is 13.6. The quantitative estimate of drug-likeness (QED) is 0.291. The summed E-state index contributed by atoms with van der Waals surface area (Å²) in [5.41, 5.74) is 1.55. The normalized spacial score (nSPS) is 11.8. The maximum atomic E-state index is 13.6. The van der Waals surface area contributed by atoms with Gasteiger partial charge < -0.3 is 15.0 Å². The molecule has 190 valence electrons. The lowest BCUT2D eigenvalue weighted by atomic mass is 10.0. The van der Waals surface area contributed by atoms with Crippen LogP contribution in [0.15, 0.2) is 66.7 Å². The van der Waals surface area contributed by atoms with Crippen molar-refractivity contribution in [2.75, 3.05) is 6.61 Å². The molecule has 0 saturated carbocycles. The van der Waals surface area contributed by atoms with E-state index < -0.39 is 11.9 Å². The standard InChI is InChI=1S/C27H26Cl4N2O3/c1-17(2)32-27(35)24(12-18-6-4-3-5-7-18)33(15-19-8-9-20(28)13-22(19)30)26(34)16-36-25-11-10-21(29)14-23(25)31/h3-11,13-14,17,24H,12,15-16H2,1-2H3,(H,32,35)/t24-/m0/s1. The molecule has 36 heavy (non-hydrogen) atoms. The van der Waals surface area contributed by atoms with Crippen LogP contribution in [0, 0.1) is 0 Å². The predicted octanol–water partition coefficient (Wildman–Crippen LogP) is 6.84. The van der Waals surface area contributed by atoms with Crippen LogP contribution in [0.3, 0.4) is 0 Å². The molecule has 3 rings (SSSR count). The van der Waals surface area contributed by atoms with Crippen molar-refractivity contribution in [3.05, 3.63) is 97.9 Å². The predicted molar refractivity (Wildman–Crippen MR) is 146 cm³/mol. The highest BCUT2D eigenvalue weighted by atomic mass is 35.5. The fraction of sp³-hybridized carbons (Fsp3) is 0.259. The number of carbonyl (C=O) groups excluding carboxylic acids is 2. The summed E-state index contributed by atoms with van der Waals surface area (Å²) >= 11 is 24.7. The highest BCUT2D eigenvalue weighted by Crippen LogP contribution is 2.28. The molecule has 5 nitrogen and oxygen atoms in total. The second kappa shape index (κ2) is 13.2. The van der Waals surface area contributed by atoms with Gasteiger partial charge in [0, 0.05) is 34.1 Å². The first-order valence-electron chi connectivity index (χ1n) is 11.3. The van der Waals surface area contributed by atoms with Crippen molar-refractivity contribution in [2.24, 2.45) is 0 Å². The van der Waals surface area contributed by atoms with Gasteiger partial charge in [0.2, 0.25) is 5.91 Å². The first kappa shape index (κ1) is 28.1. The van der Waals surface area contributed by atoms with Gasteiger partial charge >= 0.3 is 0 Å². The summed E-state index contributed by atoms with van der Waals surface area (Å²) < 4.78 is 5.72. The van der Waals surface area contributed by atoms with Crippen LogP contribution in [0.2, 0.25) is 20.1 Å². The zero-order valence-corrected chi connectivity index (χ0v) is 22.8. The third-order valence-electron chi connectivity index (χ3n) is 5.30. The summed E-state index contributed by atoms with van der Waals surface area (Å²) in [7, 11) is 0. The molecule has 2 amide bonds. The number of nitrogens with zero attached hydrogens (tertiary/aromatic N) is 1. The van der Waals surface area contributed by atoms with Gasteiger partial charge in [0.15, 0.2) is 6.61 Å². The number of carbonyl (C=O) groups is 2. The third-order valence-corrected chi connectivity index (χ3v) is 6.42. The van der Waals surface area contributed by atoms with Crippen LogP contribution in [0.4, 0.5) is 0 Å². The molecule has 0 aliphatic rings. The van der Waals surface area contributed by atoms with Crippen LogP contribution in [-0.4, -0.2) is 35.4 Å². The molecule has 0 aromatic heterocycles. The SMILES string of the molecule is CC(C)NC(=O)[C@H](Cc1ccccc1)N(Cc1ccc(Cl)cc1Cl)C(=O)COc1ccc(Cl)cc1Cl. The van der Waals surface area contributed by atoms with Crippen molar-refractivity contribution < 1.29 is 14.3 Å². The molecule has 0 bridgehead atoms. The molecular formula is C27H26Cl4N2O3. The summed E-state index contributed by atoms with van der Waals surface area (Å²) in [5, 5.41) is 4.53. The minimum atomic E-state index is -0.821. The lowest BCUT2D eigenvalue weighted by Crippen LogP contribution is -2.52. The van der Waals surface area contributed by atoms with Gasteiger partial charge in [-0.15, -0.1) is 0 Å². The number of hydrogen-bond donors (Lipinski definition) is 1. The molecule has 0 aliphatic carbocycles. The third kappa shape index (κ3) is 8.04. The molecule has 0 spiro atoms. The van der Waals surface area contributed by atoms with Crippen molar-refractivity contribution >= 4 is 58.2 Å². The summed E-state index contributed by atoms with van der Waals surface area (Å²) in [6, 6.07) is 18.3. The highest BCUT2D eigenvalue weighted by Gasteiger charge is 2.31. The van der Waals surface area contributed by atoms with Crippen LogP contribution < -0.4 is 10.1 Å². The number of benzene rings is 3. The number of amides is 2. The maximum Gasteiger partial charge on any atom is 0.261 e. The Kier molecular flexibility index (Phi) is 10.3. The molecule has 3 aromatic rings. The van der Waals surface area contributed by atoms with Gasteiger partial charge in [-0.25, -0.2) is 0 Å². The van der Waals surface area contributed by atoms with Gasteiger partial charge in [0.1, 0.15) is 11.8 Å². The number of hydrogen-bond acceptors (Lipinski definition) is 3. The summed E-state index contributed by atoms with van der Waals surface area (Å²) in [6.07, 6.45) is 0.304. The van der Waals surface area contributed by atoms with Gasteiger partial charge in [-0.05, 0) is 55.3 Å². The molecule has 1 atom stereocenters. The van der Waals surface area contributed by atoms with Crippen molar-refractivity contribution in [3.63, 3.8) is 0 Å². The van der Waals surface area contributed by atoms with Gasteiger partial charge in [-0.3, -0.25) is 9.59 Å². The van der Waals surface area contributed by atoms with Crippen LogP contribution in [0.5, 0.6) is 5.75 Å². The molecule has 3 aromatic carbocycles. The molecule has 1 N–H and O–H groups in total. The van der Waals surface area contributed by atoms with E-state index in [1.54, 1.807) is 30.3 Å². The van der Waals surface area contributed by atoms with Crippen LogP contribution in [0.25, 0.3) is 0 Å². The average Bonchev–Trinajstić information content (AvgIpc) is 2.82. The molecule has 9 heteroatoms. The summed E-state index contributed by atoms with van der Waals surface area (Å²) in [5.74, 6) is -0.381. The average molecular weight is 568 g/mol. The zero-order chi connectivity index (χ0) is 26.2. The van der Waals surface area contributed by atoms with Gasteiger partial charge in [-0.2, -0.15) is 0 Å². The van der Waals surface area contributed by atoms with E-state index in [0.717, 1.165) is 5.56 Å². The molecule has 0 heterocycles. The van der Waals surface area contributed by atoms with Crippen molar-refractivity contribution in [2.45, 2.75) is 38.9 Å². The summed E-state index contributed by atoms with van der Waals surface area (Å²) in [4.78, 5) is 28.4.